The zero-order valence-corrected chi connectivity index (χ0v) is 14.8. The van der Waals surface area contributed by atoms with Gasteiger partial charge in [0.25, 0.3) is 0 Å². The second kappa shape index (κ2) is 6.78. The van der Waals surface area contributed by atoms with E-state index in [-0.39, 0.29) is 23.6 Å². The van der Waals surface area contributed by atoms with Crippen molar-refractivity contribution < 1.29 is 22.4 Å². The van der Waals surface area contributed by atoms with Gasteiger partial charge in [0.05, 0.1) is 5.56 Å². The summed E-state index contributed by atoms with van der Waals surface area (Å²) in [5.74, 6) is -0.186. The average Bonchev–Trinajstić information content (AvgIpc) is 2.73. The van der Waals surface area contributed by atoms with Gasteiger partial charge in [-0.1, -0.05) is 43.1 Å². The lowest BCUT2D eigenvalue weighted by Crippen LogP contribution is -2.41. The number of anilines is 1. The minimum atomic E-state index is -4.55. The van der Waals surface area contributed by atoms with Gasteiger partial charge in [-0.15, -0.1) is 0 Å². The van der Waals surface area contributed by atoms with E-state index in [0.29, 0.717) is 0 Å². The first-order valence-corrected chi connectivity index (χ1v) is 8.25. The molecule has 2 rings (SSSR count). The Hall–Kier alpha value is -0.900. The molecule has 0 radical (unpaired) electrons. The molecule has 134 valence electrons. The summed E-state index contributed by atoms with van der Waals surface area (Å²) in [6, 6.07) is 3.54. The van der Waals surface area contributed by atoms with Crippen molar-refractivity contribution in [2.45, 2.75) is 30.1 Å². The normalized spacial score (nSPS) is 19.5. The molecular weight excluding hydrogens is 393 g/mol. The van der Waals surface area contributed by atoms with Gasteiger partial charge in [0.1, 0.15) is 6.17 Å². The van der Waals surface area contributed by atoms with Crippen LogP contribution >= 0.6 is 35.1 Å². The molecule has 1 aromatic rings. The van der Waals surface area contributed by atoms with Crippen molar-refractivity contribution in [2.24, 2.45) is 5.92 Å². The van der Waals surface area contributed by atoms with Gasteiger partial charge >= 0.3 is 16.1 Å². The molecule has 1 N–H and O–H groups in total. The number of hydrazine groups is 1. The highest BCUT2D eigenvalue weighted by atomic mass is 35.5. The molecule has 24 heavy (non-hydrogen) atoms. The minimum absolute atomic E-state index is 0.0257. The first kappa shape index (κ1) is 19.4. The van der Waals surface area contributed by atoms with Crippen molar-refractivity contribution in [3.8, 4) is 0 Å². The van der Waals surface area contributed by atoms with E-state index in [1.165, 1.54) is 12.1 Å². The molecule has 2 amide bonds. The third-order valence-electron chi connectivity index (χ3n) is 3.19. The molecular formula is C13H13Cl2F4N3OS. The monoisotopic (exact) mass is 405 g/mol. The summed E-state index contributed by atoms with van der Waals surface area (Å²) in [6.07, 6.45) is -5.24. The molecule has 0 aliphatic carbocycles. The molecule has 1 atom stereocenters. The summed E-state index contributed by atoms with van der Waals surface area (Å²) in [6.45, 7) is 3.51. The van der Waals surface area contributed by atoms with Crippen molar-refractivity contribution in [3.05, 3.63) is 29.8 Å². The second-order valence-electron chi connectivity index (χ2n) is 5.35. The van der Waals surface area contributed by atoms with Gasteiger partial charge in [-0.25, -0.2) is 4.79 Å². The van der Waals surface area contributed by atoms with Crippen LogP contribution in [0.25, 0.3) is 0 Å². The lowest BCUT2D eigenvalue weighted by molar-refractivity contribution is -0.137. The Balaban J connectivity index is 2.38. The third kappa shape index (κ3) is 4.38. The molecule has 0 bridgehead atoms. The number of halogens is 6. The highest BCUT2D eigenvalue weighted by Crippen LogP contribution is 2.41. The molecule has 0 spiro atoms. The van der Waals surface area contributed by atoms with Crippen LogP contribution in [0.2, 0.25) is 0 Å². The Morgan fingerprint density at radius 1 is 1.25 bits per heavy atom. The molecule has 0 aromatic heterocycles. The Kier molecular flexibility index (Phi) is 5.49. The predicted molar refractivity (Wildman–Crippen MR) is 86.1 cm³/mol. The molecule has 1 fully saturated rings. The van der Waals surface area contributed by atoms with Crippen LogP contribution in [-0.4, -0.2) is 20.5 Å². The van der Waals surface area contributed by atoms with Crippen molar-refractivity contribution in [1.29, 1.82) is 0 Å². The lowest BCUT2D eigenvalue weighted by atomic mass is 10.1. The number of benzene rings is 1. The Morgan fingerprint density at radius 2 is 1.88 bits per heavy atom. The molecule has 1 unspecified atom stereocenters. The van der Waals surface area contributed by atoms with E-state index < -0.39 is 27.9 Å². The number of amides is 2. The van der Waals surface area contributed by atoms with Crippen LogP contribution in [0.5, 0.6) is 0 Å². The minimum Gasteiger partial charge on any atom is -0.275 e. The first-order chi connectivity index (χ1) is 10.9. The van der Waals surface area contributed by atoms with Gasteiger partial charge in [0, 0.05) is 17.6 Å². The molecule has 1 aliphatic heterocycles. The zero-order valence-electron chi connectivity index (χ0n) is 12.4. The molecule has 0 saturated carbocycles. The molecule has 1 aliphatic rings. The average molecular weight is 406 g/mol. The van der Waals surface area contributed by atoms with E-state index in [9.17, 15) is 22.4 Å². The maximum absolute atomic E-state index is 13.4. The summed E-state index contributed by atoms with van der Waals surface area (Å²) in [5.41, 5.74) is 1.82. The molecule has 11 heteroatoms. The van der Waals surface area contributed by atoms with Crippen molar-refractivity contribution >= 4 is 46.9 Å². The number of hydrogen-bond donors (Lipinski definition) is 1. The van der Waals surface area contributed by atoms with Crippen molar-refractivity contribution in [3.63, 3.8) is 0 Å². The Bertz CT molecular complexity index is 624. The predicted octanol–water partition coefficient (Wildman–Crippen LogP) is 5.14. The smallest absolute Gasteiger partial charge is 0.275 e. The van der Waals surface area contributed by atoms with Gasteiger partial charge < -0.3 is 0 Å². The second-order valence-corrected chi connectivity index (χ2v) is 8.14. The highest BCUT2D eigenvalue weighted by Gasteiger charge is 2.44. The number of carbonyl (C=O) groups is 1. The number of rotatable bonds is 4. The fourth-order valence-corrected chi connectivity index (χ4v) is 3.12. The van der Waals surface area contributed by atoms with Crippen molar-refractivity contribution in [2.75, 3.05) is 4.90 Å². The fraction of sp³-hybridized carbons (Fsp3) is 0.462. The Morgan fingerprint density at radius 3 is 2.38 bits per heavy atom. The lowest BCUT2D eigenvalue weighted by Gasteiger charge is -2.25. The van der Waals surface area contributed by atoms with Crippen molar-refractivity contribution in [1.82, 2.24) is 9.84 Å². The summed E-state index contributed by atoms with van der Waals surface area (Å²) >= 11 is 10.7. The topological polar surface area (TPSA) is 35.6 Å². The summed E-state index contributed by atoms with van der Waals surface area (Å²) in [7, 11) is 0. The molecule has 1 aromatic carbocycles. The van der Waals surface area contributed by atoms with E-state index in [4.69, 9.17) is 23.2 Å². The SMILES string of the molecule is CC(C)C1NN(SC(F)(Cl)Cl)C(=O)N1c1cccc(C(F)(F)F)c1. The number of nitrogens with one attached hydrogen (secondary N) is 1. The van der Waals surface area contributed by atoms with Crippen LogP contribution in [0.1, 0.15) is 19.4 Å². The van der Waals surface area contributed by atoms with Gasteiger partial charge in [-0.3, -0.25) is 4.90 Å². The van der Waals surface area contributed by atoms with E-state index in [2.05, 4.69) is 5.43 Å². The van der Waals surface area contributed by atoms with Crippen LogP contribution in [0.4, 0.5) is 28.0 Å². The number of carbonyl (C=O) groups excluding carboxylic acids is 1. The quantitative estimate of drug-likeness (QED) is 0.427. The summed E-state index contributed by atoms with van der Waals surface area (Å²) in [4.78, 5) is 13.6. The van der Waals surface area contributed by atoms with Gasteiger partial charge in [0.2, 0.25) is 0 Å². The summed E-state index contributed by atoms with van der Waals surface area (Å²) < 4.78 is 50.1. The van der Waals surface area contributed by atoms with Gasteiger partial charge in [-0.2, -0.15) is 27.4 Å². The third-order valence-corrected chi connectivity index (χ3v) is 4.25. The van der Waals surface area contributed by atoms with E-state index in [1.807, 2.05) is 0 Å². The maximum Gasteiger partial charge on any atom is 0.416 e. The zero-order chi connectivity index (χ0) is 18.3. The first-order valence-electron chi connectivity index (χ1n) is 6.73. The van der Waals surface area contributed by atoms with Gasteiger partial charge in [0.15, 0.2) is 0 Å². The van der Waals surface area contributed by atoms with E-state index >= 15 is 0 Å². The highest BCUT2D eigenvalue weighted by molar-refractivity contribution is 8.01. The van der Waals surface area contributed by atoms with E-state index in [0.717, 1.165) is 21.4 Å². The number of alkyl halides is 6. The van der Waals surface area contributed by atoms with Crippen LogP contribution in [0.15, 0.2) is 24.3 Å². The Labute approximate surface area is 150 Å². The number of nitrogens with zero attached hydrogens (tertiary/aromatic N) is 2. The van der Waals surface area contributed by atoms with Crippen LogP contribution in [-0.2, 0) is 6.18 Å². The van der Waals surface area contributed by atoms with Gasteiger partial charge in [-0.05, 0) is 24.1 Å². The molecule has 1 saturated heterocycles. The van der Waals surface area contributed by atoms with E-state index in [1.54, 1.807) is 13.8 Å². The van der Waals surface area contributed by atoms with Crippen LogP contribution < -0.4 is 10.3 Å². The largest absolute Gasteiger partial charge is 0.416 e. The maximum atomic E-state index is 13.4. The number of urea groups is 1. The molecule has 1 heterocycles. The standard InChI is InChI=1S/C13H13Cl2F4N3OS/c1-7(2)10-20-22(24-13(14,15)19)11(23)21(10)9-5-3-4-8(6-9)12(16,17)18/h3-7,10,20H,1-2H3. The van der Waals surface area contributed by atoms with Crippen LogP contribution in [0, 0.1) is 5.92 Å². The number of hydrogen-bond acceptors (Lipinski definition) is 3. The molecule has 4 nitrogen and oxygen atoms in total. The fourth-order valence-electron chi connectivity index (χ4n) is 2.17. The summed E-state index contributed by atoms with van der Waals surface area (Å²) in [5, 5.41) is 0. The van der Waals surface area contributed by atoms with Crippen LogP contribution in [0.3, 0.4) is 0 Å².